The Labute approximate surface area is 200 Å². The van der Waals surface area contributed by atoms with Gasteiger partial charge in [0.25, 0.3) is 5.76 Å². The molecule has 0 spiro atoms. The highest BCUT2D eigenvalue weighted by molar-refractivity contribution is 9.10. The van der Waals surface area contributed by atoms with Gasteiger partial charge in [-0.2, -0.15) is 13.2 Å². The van der Waals surface area contributed by atoms with E-state index in [4.69, 9.17) is 18.6 Å². The van der Waals surface area contributed by atoms with Crippen LogP contribution in [0.25, 0.3) is 11.0 Å². The topological polar surface area (TPSA) is 57.9 Å². The molecule has 9 heteroatoms. The predicted molar refractivity (Wildman–Crippen MR) is 124 cm³/mol. The summed E-state index contributed by atoms with van der Waals surface area (Å²) >= 11 is 3.37. The molecule has 0 fully saturated rings. The molecule has 4 rings (SSSR count). The maximum absolute atomic E-state index is 13.8. The number of halogens is 4. The molecule has 1 aromatic heterocycles. The minimum atomic E-state index is -4.98. The van der Waals surface area contributed by atoms with Crippen molar-refractivity contribution in [1.29, 1.82) is 0 Å². The van der Waals surface area contributed by atoms with Gasteiger partial charge in [-0.05, 0) is 48.9 Å². The Morgan fingerprint density at radius 3 is 2.41 bits per heavy atom. The molecule has 0 N–H and O–H groups in total. The number of alkyl halides is 3. The smallest absolute Gasteiger partial charge is 0.453 e. The van der Waals surface area contributed by atoms with E-state index in [-0.39, 0.29) is 41.4 Å². The molecule has 34 heavy (non-hydrogen) atoms. The average Bonchev–Trinajstić information content (AvgIpc) is 2.80. The van der Waals surface area contributed by atoms with Crippen molar-refractivity contribution in [3.05, 3.63) is 92.7 Å². The normalized spacial score (nSPS) is 11.4. The molecule has 0 atom stereocenters. The van der Waals surface area contributed by atoms with E-state index in [2.05, 4.69) is 15.9 Å². The molecule has 0 amide bonds. The lowest BCUT2D eigenvalue weighted by Gasteiger charge is -2.15. The molecular formula is C25H18BrF3O5. The molecule has 0 bridgehead atoms. The first-order valence-corrected chi connectivity index (χ1v) is 11.0. The van der Waals surface area contributed by atoms with Crippen LogP contribution >= 0.6 is 15.9 Å². The van der Waals surface area contributed by atoms with Gasteiger partial charge in [0.15, 0.2) is 11.5 Å². The van der Waals surface area contributed by atoms with Gasteiger partial charge in [0.05, 0.1) is 12.0 Å². The molecule has 0 aliphatic carbocycles. The summed E-state index contributed by atoms with van der Waals surface area (Å²) in [5, 5.41) is -0.0771. The van der Waals surface area contributed by atoms with Crippen LogP contribution in [0.4, 0.5) is 13.2 Å². The Balaban J connectivity index is 1.73. The van der Waals surface area contributed by atoms with E-state index in [1.165, 1.54) is 30.3 Å². The summed E-state index contributed by atoms with van der Waals surface area (Å²) in [4.78, 5) is 13.0. The van der Waals surface area contributed by atoms with Gasteiger partial charge in [-0.3, -0.25) is 4.79 Å². The Bertz CT molecular complexity index is 1380. The number of hydrogen-bond donors (Lipinski definition) is 0. The van der Waals surface area contributed by atoms with Crippen LogP contribution < -0.4 is 19.6 Å². The van der Waals surface area contributed by atoms with Crippen molar-refractivity contribution in [2.45, 2.75) is 19.7 Å². The van der Waals surface area contributed by atoms with Crippen molar-refractivity contribution in [2.75, 3.05) is 6.61 Å². The molecule has 4 aromatic rings. The van der Waals surface area contributed by atoms with Gasteiger partial charge >= 0.3 is 6.18 Å². The third kappa shape index (κ3) is 5.20. The van der Waals surface area contributed by atoms with Crippen LogP contribution in [0.5, 0.6) is 23.0 Å². The fourth-order valence-electron chi connectivity index (χ4n) is 3.24. The van der Waals surface area contributed by atoms with Crippen LogP contribution in [0.2, 0.25) is 0 Å². The van der Waals surface area contributed by atoms with Crippen LogP contribution in [0.15, 0.2) is 80.4 Å². The summed E-state index contributed by atoms with van der Waals surface area (Å²) in [6.45, 7) is 2.16. The minimum absolute atomic E-state index is 0.0320. The molecule has 5 nitrogen and oxygen atoms in total. The fraction of sp³-hybridized carbons (Fsp3) is 0.160. The molecular weight excluding hydrogens is 517 g/mol. The zero-order valence-electron chi connectivity index (χ0n) is 17.8. The summed E-state index contributed by atoms with van der Waals surface area (Å²) in [5.74, 6) is -2.08. The third-order valence-electron chi connectivity index (χ3n) is 4.74. The summed E-state index contributed by atoms with van der Waals surface area (Å²) in [7, 11) is 0. The number of fused-ring (bicyclic) bond motifs is 1. The first-order chi connectivity index (χ1) is 16.3. The van der Waals surface area contributed by atoms with Crippen molar-refractivity contribution in [1.82, 2.24) is 0 Å². The first-order valence-electron chi connectivity index (χ1n) is 10.2. The Hall–Kier alpha value is -3.46. The van der Waals surface area contributed by atoms with Gasteiger partial charge in [-0.15, -0.1) is 0 Å². The molecule has 0 aliphatic rings. The van der Waals surface area contributed by atoms with E-state index in [1.54, 1.807) is 19.1 Å². The van der Waals surface area contributed by atoms with Crippen LogP contribution in [0.1, 0.15) is 18.2 Å². The Morgan fingerprint density at radius 1 is 0.941 bits per heavy atom. The molecule has 1 heterocycles. The quantitative estimate of drug-likeness (QED) is 0.248. The van der Waals surface area contributed by atoms with Crippen molar-refractivity contribution in [2.24, 2.45) is 0 Å². The molecule has 176 valence electrons. The Morgan fingerprint density at radius 2 is 1.71 bits per heavy atom. The van der Waals surface area contributed by atoms with Gasteiger partial charge in [0.1, 0.15) is 17.9 Å². The third-order valence-corrected chi connectivity index (χ3v) is 5.23. The molecule has 3 aromatic carbocycles. The fourth-order valence-corrected chi connectivity index (χ4v) is 3.68. The van der Waals surface area contributed by atoms with Gasteiger partial charge < -0.3 is 18.6 Å². The van der Waals surface area contributed by atoms with Crippen molar-refractivity contribution >= 4 is 26.9 Å². The highest BCUT2D eigenvalue weighted by Gasteiger charge is 2.40. The van der Waals surface area contributed by atoms with Gasteiger partial charge in [-0.1, -0.05) is 40.2 Å². The summed E-state index contributed by atoms with van der Waals surface area (Å²) in [6, 6.07) is 17.6. The monoisotopic (exact) mass is 534 g/mol. The summed E-state index contributed by atoms with van der Waals surface area (Å²) < 4.78 is 64.0. The van der Waals surface area contributed by atoms with Crippen molar-refractivity contribution in [3.63, 3.8) is 0 Å². The molecule has 0 aliphatic heterocycles. The highest BCUT2D eigenvalue weighted by Crippen LogP contribution is 2.40. The largest absolute Gasteiger partial charge is 0.490 e. The minimum Gasteiger partial charge on any atom is -0.490 e. The zero-order valence-corrected chi connectivity index (χ0v) is 19.4. The van der Waals surface area contributed by atoms with Crippen LogP contribution in [-0.4, -0.2) is 6.61 Å². The predicted octanol–water partition coefficient (Wildman–Crippen LogP) is 7.34. The van der Waals surface area contributed by atoms with E-state index in [9.17, 15) is 18.0 Å². The lowest BCUT2D eigenvalue weighted by Crippen LogP contribution is -2.15. The molecule has 0 saturated heterocycles. The van der Waals surface area contributed by atoms with Crippen LogP contribution in [-0.2, 0) is 12.8 Å². The number of ether oxygens (including phenoxy) is 3. The maximum atomic E-state index is 13.8. The standard InChI is InChI=1S/C25H18BrF3O5/c1-2-31-19-8-3-4-9-20(19)33-23-22(30)18-11-10-17(13-21(18)34-24(23)25(27,28)29)32-14-15-6-5-7-16(26)12-15/h3-13H,2,14H2,1H3. The molecule has 0 radical (unpaired) electrons. The molecule has 0 saturated carbocycles. The Kier molecular flexibility index (Phi) is 6.83. The van der Waals surface area contributed by atoms with Crippen molar-refractivity contribution < 1.29 is 31.8 Å². The van der Waals surface area contributed by atoms with E-state index >= 15 is 0 Å². The second kappa shape index (κ2) is 9.80. The van der Waals surface area contributed by atoms with Crippen LogP contribution in [0, 0.1) is 0 Å². The maximum Gasteiger partial charge on any atom is 0.453 e. The van der Waals surface area contributed by atoms with Gasteiger partial charge in [0, 0.05) is 10.5 Å². The lowest BCUT2D eigenvalue weighted by atomic mass is 10.2. The summed E-state index contributed by atoms with van der Waals surface area (Å²) in [6.07, 6.45) is -4.98. The van der Waals surface area contributed by atoms with Crippen LogP contribution in [0.3, 0.4) is 0 Å². The van der Waals surface area contributed by atoms with E-state index in [0.717, 1.165) is 10.0 Å². The first kappa shape index (κ1) is 23.7. The summed E-state index contributed by atoms with van der Waals surface area (Å²) in [5.41, 5.74) is -0.378. The number of hydrogen-bond acceptors (Lipinski definition) is 5. The average molecular weight is 535 g/mol. The van der Waals surface area contributed by atoms with E-state index in [1.807, 2.05) is 24.3 Å². The number of para-hydroxylation sites is 2. The van der Waals surface area contributed by atoms with Gasteiger partial charge in [-0.25, -0.2) is 0 Å². The van der Waals surface area contributed by atoms with E-state index < -0.39 is 23.1 Å². The number of benzene rings is 3. The molecule has 0 unspecified atom stereocenters. The lowest BCUT2D eigenvalue weighted by molar-refractivity contribution is -0.154. The second-order valence-corrected chi connectivity index (χ2v) is 8.06. The van der Waals surface area contributed by atoms with E-state index in [0.29, 0.717) is 0 Å². The SMILES string of the molecule is CCOc1ccccc1Oc1c(C(F)(F)F)oc2cc(OCc3cccc(Br)c3)ccc2c1=O. The second-order valence-electron chi connectivity index (χ2n) is 7.15. The zero-order chi connectivity index (χ0) is 24.3. The van der Waals surface area contributed by atoms with Crippen molar-refractivity contribution in [3.8, 4) is 23.0 Å². The number of rotatable bonds is 7. The highest BCUT2D eigenvalue weighted by atomic mass is 79.9. The van der Waals surface area contributed by atoms with Gasteiger partial charge in [0.2, 0.25) is 11.2 Å².